The van der Waals surface area contributed by atoms with Crippen LogP contribution >= 0.6 is 0 Å². The van der Waals surface area contributed by atoms with Gasteiger partial charge in [-0.15, -0.1) is 0 Å². The van der Waals surface area contributed by atoms with Crippen LogP contribution in [0.1, 0.15) is 43.9 Å². The second-order valence-corrected chi connectivity index (χ2v) is 6.82. The van der Waals surface area contributed by atoms with E-state index in [4.69, 9.17) is 0 Å². The maximum Gasteiger partial charge on any atom is 0.322 e. The van der Waals surface area contributed by atoms with Crippen LogP contribution in [0, 0.1) is 0 Å². The number of piperazine rings is 1. The topological polar surface area (TPSA) is 52.6 Å². The van der Waals surface area contributed by atoms with Crippen molar-refractivity contribution in [3.8, 4) is 0 Å². The molecule has 2 atom stereocenters. The lowest BCUT2D eigenvalue weighted by Gasteiger charge is -2.45. The van der Waals surface area contributed by atoms with E-state index in [1.165, 1.54) is 11.1 Å². The van der Waals surface area contributed by atoms with Gasteiger partial charge in [0.1, 0.15) is 6.04 Å². The third-order valence-corrected chi connectivity index (χ3v) is 5.06. The summed E-state index contributed by atoms with van der Waals surface area (Å²) < 4.78 is 0. The van der Waals surface area contributed by atoms with Gasteiger partial charge in [0.05, 0.1) is 0 Å². The number of fused-ring (bicyclic) bond motifs is 1. The van der Waals surface area contributed by atoms with Crippen LogP contribution in [0.25, 0.3) is 0 Å². The normalized spacial score (nSPS) is 28.9. The summed E-state index contributed by atoms with van der Waals surface area (Å²) in [6.07, 6.45) is 2.14. The minimum Gasteiger partial charge on any atom is -0.480 e. The van der Waals surface area contributed by atoms with Crippen molar-refractivity contribution < 1.29 is 9.90 Å². The molecule has 1 aliphatic carbocycles. The Labute approximate surface area is 126 Å². The zero-order chi connectivity index (χ0) is 15.0. The Morgan fingerprint density at radius 2 is 2.14 bits per heavy atom. The molecular weight excluding hydrogens is 264 g/mol. The molecule has 114 valence electrons. The van der Waals surface area contributed by atoms with Gasteiger partial charge in [0.15, 0.2) is 0 Å². The summed E-state index contributed by atoms with van der Waals surface area (Å²) in [4.78, 5) is 13.8. The number of carboxylic acids is 1. The maximum absolute atomic E-state index is 11.6. The monoisotopic (exact) mass is 288 g/mol. The van der Waals surface area contributed by atoms with Gasteiger partial charge in [-0.05, 0) is 29.4 Å². The second-order valence-electron chi connectivity index (χ2n) is 6.82. The van der Waals surface area contributed by atoms with E-state index in [1.54, 1.807) is 0 Å². The van der Waals surface area contributed by atoms with Gasteiger partial charge >= 0.3 is 5.97 Å². The molecule has 0 aromatic heterocycles. The molecule has 2 unspecified atom stereocenters. The van der Waals surface area contributed by atoms with Crippen LogP contribution in [0.4, 0.5) is 0 Å². The average Bonchev–Trinajstić information content (AvgIpc) is 2.47. The number of carbonyl (C=O) groups is 1. The van der Waals surface area contributed by atoms with E-state index in [0.717, 1.165) is 25.9 Å². The summed E-state index contributed by atoms with van der Waals surface area (Å²) >= 11 is 0. The van der Waals surface area contributed by atoms with Crippen molar-refractivity contribution in [1.82, 2.24) is 10.2 Å². The molecule has 1 fully saturated rings. The van der Waals surface area contributed by atoms with E-state index >= 15 is 0 Å². The summed E-state index contributed by atoms with van der Waals surface area (Å²) in [5.74, 6) is -0.718. The lowest BCUT2D eigenvalue weighted by atomic mass is 9.70. The summed E-state index contributed by atoms with van der Waals surface area (Å²) in [6, 6.07) is 8.37. The smallest absolute Gasteiger partial charge is 0.322 e. The second kappa shape index (κ2) is 5.43. The van der Waals surface area contributed by atoms with Gasteiger partial charge in [-0.25, -0.2) is 0 Å². The van der Waals surface area contributed by atoms with Crippen molar-refractivity contribution in [3.63, 3.8) is 0 Å². The Morgan fingerprint density at radius 3 is 2.90 bits per heavy atom. The molecule has 4 heteroatoms. The molecule has 1 heterocycles. The van der Waals surface area contributed by atoms with Crippen molar-refractivity contribution in [3.05, 3.63) is 35.4 Å². The quantitative estimate of drug-likeness (QED) is 0.875. The maximum atomic E-state index is 11.6. The number of nitrogens with one attached hydrogen (secondary N) is 1. The number of carboxylic acid groups (broad SMARTS) is 1. The highest BCUT2D eigenvalue weighted by Gasteiger charge is 2.39. The van der Waals surface area contributed by atoms with Crippen molar-refractivity contribution in [2.75, 3.05) is 19.6 Å². The van der Waals surface area contributed by atoms with E-state index in [0.29, 0.717) is 6.54 Å². The van der Waals surface area contributed by atoms with Gasteiger partial charge < -0.3 is 10.4 Å². The highest BCUT2D eigenvalue weighted by Crippen LogP contribution is 2.44. The van der Waals surface area contributed by atoms with Crippen LogP contribution in [0.15, 0.2) is 24.3 Å². The Balaban J connectivity index is 1.97. The molecule has 0 saturated carbocycles. The predicted octanol–water partition coefficient (Wildman–Crippen LogP) is 2.16. The van der Waals surface area contributed by atoms with Gasteiger partial charge in [-0.1, -0.05) is 38.1 Å². The summed E-state index contributed by atoms with van der Waals surface area (Å²) in [5.41, 5.74) is 2.88. The molecule has 0 radical (unpaired) electrons. The van der Waals surface area contributed by atoms with Crippen molar-refractivity contribution in [1.29, 1.82) is 0 Å². The molecule has 1 saturated heterocycles. The fourth-order valence-electron chi connectivity index (χ4n) is 3.86. The highest BCUT2D eigenvalue weighted by molar-refractivity contribution is 5.74. The fraction of sp³-hybridized carbons (Fsp3) is 0.588. The van der Waals surface area contributed by atoms with E-state index in [9.17, 15) is 9.90 Å². The standard InChI is InChI=1S/C17H24N2O2/c1-17(2)8-7-14(12-5-3-4-6-13(12)17)19-10-9-18-11-15(19)16(20)21/h3-6,14-15,18H,7-11H2,1-2H3,(H,20,21). The number of nitrogens with zero attached hydrogens (tertiary/aromatic N) is 1. The molecule has 0 bridgehead atoms. The zero-order valence-electron chi connectivity index (χ0n) is 12.8. The molecule has 1 aromatic rings. The number of rotatable bonds is 2. The summed E-state index contributed by atoms with van der Waals surface area (Å²) in [6.45, 7) is 6.78. The average molecular weight is 288 g/mol. The number of benzene rings is 1. The Bertz CT molecular complexity index is 541. The van der Waals surface area contributed by atoms with E-state index in [1.807, 2.05) is 0 Å². The molecule has 0 spiro atoms. The third-order valence-electron chi connectivity index (χ3n) is 5.06. The van der Waals surface area contributed by atoms with Crippen molar-refractivity contribution >= 4 is 5.97 Å². The molecule has 21 heavy (non-hydrogen) atoms. The lowest BCUT2D eigenvalue weighted by molar-refractivity contribution is -0.145. The van der Waals surface area contributed by atoms with Crippen LogP contribution in [-0.4, -0.2) is 41.7 Å². The van der Waals surface area contributed by atoms with E-state index < -0.39 is 12.0 Å². The molecule has 2 N–H and O–H groups in total. The number of aliphatic carboxylic acids is 1. The molecule has 3 rings (SSSR count). The minimum atomic E-state index is -0.718. The van der Waals surface area contributed by atoms with Crippen LogP contribution in [0.5, 0.6) is 0 Å². The van der Waals surface area contributed by atoms with Crippen molar-refractivity contribution in [2.24, 2.45) is 0 Å². The van der Waals surface area contributed by atoms with Gasteiger partial charge in [0, 0.05) is 25.7 Å². The molecule has 1 aromatic carbocycles. The Kier molecular flexibility index (Phi) is 3.76. The molecule has 0 amide bonds. The Hall–Kier alpha value is -1.39. The van der Waals surface area contributed by atoms with Crippen molar-refractivity contribution in [2.45, 2.75) is 44.2 Å². The van der Waals surface area contributed by atoms with E-state index in [-0.39, 0.29) is 11.5 Å². The van der Waals surface area contributed by atoms with Crippen LogP contribution in [0.2, 0.25) is 0 Å². The first-order valence-corrected chi connectivity index (χ1v) is 7.79. The largest absolute Gasteiger partial charge is 0.480 e. The number of hydrogen-bond acceptors (Lipinski definition) is 3. The fourth-order valence-corrected chi connectivity index (χ4v) is 3.86. The van der Waals surface area contributed by atoms with Gasteiger partial charge in [0.25, 0.3) is 0 Å². The first-order chi connectivity index (χ1) is 10.0. The van der Waals surface area contributed by atoms with E-state index in [2.05, 4.69) is 48.3 Å². The highest BCUT2D eigenvalue weighted by atomic mass is 16.4. The predicted molar refractivity (Wildman–Crippen MR) is 82.4 cm³/mol. The third kappa shape index (κ3) is 2.58. The van der Waals surface area contributed by atoms with Crippen LogP contribution in [0.3, 0.4) is 0 Å². The first-order valence-electron chi connectivity index (χ1n) is 7.79. The van der Waals surface area contributed by atoms with Crippen LogP contribution in [-0.2, 0) is 10.2 Å². The number of hydrogen-bond donors (Lipinski definition) is 2. The van der Waals surface area contributed by atoms with Gasteiger partial charge in [-0.3, -0.25) is 9.69 Å². The minimum absolute atomic E-state index is 0.180. The molecule has 1 aliphatic heterocycles. The Morgan fingerprint density at radius 1 is 1.38 bits per heavy atom. The van der Waals surface area contributed by atoms with Gasteiger partial charge in [0.2, 0.25) is 0 Å². The SMILES string of the molecule is CC1(C)CCC(N2CCNCC2C(=O)O)c2ccccc21. The summed E-state index contributed by atoms with van der Waals surface area (Å²) in [7, 11) is 0. The molecular formula is C17H24N2O2. The summed E-state index contributed by atoms with van der Waals surface area (Å²) in [5, 5.41) is 12.7. The molecule has 2 aliphatic rings. The zero-order valence-corrected chi connectivity index (χ0v) is 12.8. The van der Waals surface area contributed by atoms with Gasteiger partial charge in [-0.2, -0.15) is 0 Å². The lowest BCUT2D eigenvalue weighted by Crippen LogP contribution is -2.56. The first kappa shape index (κ1) is 14.5. The molecule has 4 nitrogen and oxygen atoms in total. The van der Waals surface area contributed by atoms with Crippen LogP contribution < -0.4 is 5.32 Å².